The first-order chi connectivity index (χ1) is 11.2. The highest BCUT2D eigenvalue weighted by molar-refractivity contribution is 5.89. The first-order valence-electron chi connectivity index (χ1n) is 7.33. The first-order valence-corrected chi connectivity index (χ1v) is 7.33. The molecule has 1 aromatic rings. The SMILES string of the molecule is C#CCO[C@@H]1C(=O)[C@@H]2OC(c3ccccc3)OC[C@H]2O[C@@H]1OC. The number of rotatable bonds is 4. The summed E-state index contributed by atoms with van der Waals surface area (Å²) >= 11 is 0. The summed E-state index contributed by atoms with van der Waals surface area (Å²) in [5.74, 6) is 2.09. The summed E-state index contributed by atoms with van der Waals surface area (Å²) in [4.78, 5) is 12.7. The second-order valence-electron chi connectivity index (χ2n) is 5.25. The zero-order valence-corrected chi connectivity index (χ0v) is 12.7. The molecule has 0 amide bonds. The fourth-order valence-electron chi connectivity index (χ4n) is 2.69. The molecule has 2 aliphatic heterocycles. The molecule has 0 aliphatic carbocycles. The average molecular weight is 318 g/mol. The van der Waals surface area contributed by atoms with Crippen molar-refractivity contribution in [1.82, 2.24) is 0 Å². The van der Waals surface area contributed by atoms with Crippen molar-refractivity contribution < 1.29 is 28.5 Å². The van der Waals surface area contributed by atoms with Crippen LogP contribution in [0.4, 0.5) is 0 Å². The number of carbonyl (C=O) groups is 1. The summed E-state index contributed by atoms with van der Waals surface area (Å²) in [6.07, 6.45) is 1.54. The lowest BCUT2D eigenvalue weighted by atomic mass is 9.99. The Morgan fingerprint density at radius 3 is 2.78 bits per heavy atom. The zero-order chi connectivity index (χ0) is 16.2. The van der Waals surface area contributed by atoms with E-state index in [-0.39, 0.29) is 19.0 Å². The summed E-state index contributed by atoms with van der Waals surface area (Å²) in [6, 6.07) is 9.42. The van der Waals surface area contributed by atoms with E-state index in [1.54, 1.807) is 0 Å². The molecule has 2 saturated heterocycles. The molecule has 1 aromatic carbocycles. The number of carbonyl (C=O) groups excluding carboxylic acids is 1. The summed E-state index contributed by atoms with van der Waals surface area (Å²) in [7, 11) is 1.45. The Kier molecular flexibility index (Phi) is 5.06. The molecule has 2 fully saturated rings. The lowest BCUT2D eigenvalue weighted by Gasteiger charge is -2.43. The Hall–Kier alpha value is -1.75. The number of ether oxygens (including phenoxy) is 5. The molecular weight excluding hydrogens is 300 g/mol. The highest BCUT2D eigenvalue weighted by Gasteiger charge is 2.50. The average Bonchev–Trinajstić information content (AvgIpc) is 2.61. The van der Waals surface area contributed by atoms with Gasteiger partial charge in [-0.15, -0.1) is 6.42 Å². The number of methoxy groups -OCH3 is 1. The largest absolute Gasteiger partial charge is 0.353 e. The minimum atomic E-state index is -0.910. The van der Waals surface area contributed by atoms with E-state index in [1.807, 2.05) is 30.3 Å². The van der Waals surface area contributed by atoms with Gasteiger partial charge < -0.3 is 23.7 Å². The molecule has 5 atom stereocenters. The van der Waals surface area contributed by atoms with Crippen molar-refractivity contribution in [3.63, 3.8) is 0 Å². The smallest absolute Gasteiger partial charge is 0.198 e. The van der Waals surface area contributed by atoms with Crippen LogP contribution >= 0.6 is 0 Å². The topological polar surface area (TPSA) is 63.2 Å². The van der Waals surface area contributed by atoms with Crippen molar-refractivity contribution in [3.05, 3.63) is 35.9 Å². The van der Waals surface area contributed by atoms with Gasteiger partial charge in [0.15, 0.2) is 30.6 Å². The number of hydrogen-bond donors (Lipinski definition) is 0. The van der Waals surface area contributed by atoms with Crippen LogP contribution in [0.3, 0.4) is 0 Å². The normalized spacial score (nSPS) is 33.7. The Balaban J connectivity index is 1.75. The molecule has 0 N–H and O–H groups in total. The first kappa shape index (κ1) is 16.1. The van der Waals surface area contributed by atoms with Crippen LogP contribution in [0.1, 0.15) is 11.9 Å². The number of benzene rings is 1. The fraction of sp³-hybridized carbons (Fsp3) is 0.471. The predicted molar refractivity (Wildman–Crippen MR) is 79.3 cm³/mol. The molecule has 2 heterocycles. The molecule has 1 unspecified atom stereocenters. The van der Waals surface area contributed by atoms with Crippen molar-refractivity contribution in [2.24, 2.45) is 0 Å². The summed E-state index contributed by atoms with van der Waals surface area (Å²) in [6.45, 7) is 0.229. The number of Topliss-reactive ketones (excluding diaryl/α,β-unsaturated/α-hetero) is 1. The van der Waals surface area contributed by atoms with Crippen LogP contribution < -0.4 is 0 Å². The minimum Gasteiger partial charge on any atom is -0.353 e. The number of terminal acetylenes is 1. The molecule has 6 nitrogen and oxygen atoms in total. The third-order valence-corrected chi connectivity index (χ3v) is 3.79. The van der Waals surface area contributed by atoms with Crippen molar-refractivity contribution in [2.45, 2.75) is 30.9 Å². The van der Waals surface area contributed by atoms with Gasteiger partial charge in [0.05, 0.1) is 6.61 Å². The van der Waals surface area contributed by atoms with Crippen LogP contribution in [0.15, 0.2) is 30.3 Å². The Morgan fingerprint density at radius 2 is 2.09 bits per heavy atom. The van der Waals surface area contributed by atoms with Gasteiger partial charge in [-0.2, -0.15) is 0 Å². The van der Waals surface area contributed by atoms with Gasteiger partial charge in [-0.05, 0) is 0 Å². The molecule has 3 rings (SSSR count). The highest BCUT2D eigenvalue weighted by Crippen LogP contribution is 2.33. The molecule has 0 aromatic heterocycles. The van der Waals surface area contributed by atoms with Crippen LogP contribution in [0.2, 0.25) is 0 Å². The molecule has 0 spiro atoms. The molecule has 2 aliphatic rings. The fourth-order valence-corrected chi connectivity index (χ4v) is 2.69. The van der Waals surface area contributed by atoms with E-state index in [4.69, 9.17) is 30.1 Å². The Labute approximate surface area is 134 Å². The lowest BCUT2D eigenvalue weighted by Crippen LogP contribution is -2.60. The van der Waals surface area contributed by atoms with Crippen LogP contribution in [0.5, 0.6) is 0 Å². The van der Waals surface area contributed by atoms with Gasteiger partial charge in [0.25, 0.3) is 0 Å². The van der Waals surface area contributed by atoms with E-state index in [2.05, 4.69) is 5.92 Å². The second kappa shape index (κ2) is 7.21. The predicted octanol–water partition coefficient (Wildman–Crippen LogP) is 1.06. The second-order valence-corrected chi connectivity index (χ2v) is 5.25. The van der Waals surface area contributed by atoms with Gasteiger partial charge in [0.2, 0.25) is 0 Å². The molecule has 6 heteroatoms. The molecular formula is C17H18O6. The number of fused-ring (bicyclic) bond motifs is 1. The van der Waals surface area contributed by atoms with E-state index < -0.39 is 30.9 Å². The van der Waals surface area contributed by atoms with E-state index in [0.717, 1.165) is 5.56 Å². The van der Waals surface area contributed by atoms with Crippen molar-refractivity contribution in [1.29, 1.82) is 0 Å². The molecule has 122 valence electrons. The third kappa shape index (κ3) is 3.29. The van der Waals surface area contributed by atoms with Gasteiger partial charge in [0, 0.05) is 12.7 Å². The maximum Gasteiger partial charge on any atom is 0.198 e. The summed E-state index contributed by atoms with van der Waals surface area (Å²) in [5.41, 5.74) is 0.841. The maximum absolute atomic E-state index is 12.7. The maximum atomic E-state index is 12.7. The quantitative estimate of drug-likeness (QED) is 0.774. The van der Waals surface area contributed by atoms with Crippen LogP contribution in [-0.2, 0) is 28.5 Å². The van der Waals surface area contributed by atoms with Crippen molar-refractivity contribution in [3.8, 4) is 12.3 Å². The molecule has 0 bridgehead atoms. The van der Waals surface area contributed by atoms with Crippen LogP contribution in [0, 0.1) is 12.3 Å². The lowest BCUT2D eigenvalue weighted by molar-refractivity contribution is -0.316. The van der Waals surface area contributed by atoms with Gasteiger partial charge in [-0.1, -0.05) is 36.3 Å². The van der Waals surface area contributed by atoms with Crippen molar-refractivity contribution in [2.75, 3.05) is 20.3 Å². The Bertz CT molecular complexity index is 580. The van der Waals surface area contributed by atoms with Gasteiger partial charge in [-0.3, -0.25) is 4.79 Å². The van der Waals surface area contributed by atoms with Gasteiger partial charge >= 0.3 is 0 Å². The molecule has 23 heavy (non-hydrogen) atoms. The van der Waals surface area contributed by atoms with E-state index >= 15 is 0 Å². The highest BCUT2D eigenvalue weighted by atomic mass is 16.8. The van der Waals surface area contributed by atoms with Crippen molar-refractivity contribution >= 4 is 5.78 Å². The Morgan fingerprint density at radius 1 is 1.30 bits per heavy atom. The summed E-state index contributed by atoms with van der Waals surface area (Å²) in [5, 5.41) is 0. The number of ketones is 1. The number of hydrogen-bond acceptors (Lipinski definition) is 6. The monoisotopic (exact) mass is 318 g/mol. The molecule has 0 radical (unpaired) electrons. The van der Waals surface area contributed by atoms with E-state index in [9.17, 15) is 4.79 Å². The third-order valence-electron chi connectivity index (χ3n) is 3.79. The van der Waals surface area contributed by atoms with Crippen LogP contribution in [-0.4, -0.2) is 50.7 Å². The van der Waals surface area contributed by atoms with Gasteiger partial charge in [0.1, 0.15) is 12.7 Å². The summed E-state index contributed by atoms with van der Waals surface area (Å²) < 4.78 is 27.8. The minimum absolute atomic E-state index is 0.00434. The van der Waals surface area contributed by atoms with E-state index in [1.165, 1.54) is 7.11 Å². The van der Waals surface area contributed by atoms with E-state index in [0.29, 0.717) is 0 Å². The standard InChI is InChI=1S/C17H18O6/c1-3-9-20-15-13(18)14-12(22-17(15)19-2)10-21-16(23-14)11-7-5-4-6-8-11/h1,4-8,12,14-17H,9-10H2,2H3/t12-,14-,15-,16?,17+/m1/s1. The van der Waals surface area contributed by atoms with Gasteiger partial charge in [-0.25, -0.2) is 0 Å². The van der Waals surface area contributed by atoms with Crippen LogP contribution in [0.25, 0.3) is 0 Å². The molecule has 0 saturated carbocycles. The zero-order valence-electron chi connectivity index (χ0n) is 12.7.